The number of amidine groups is 1. The van der Waals surface area contributed by atoms with Crippen LogP contribution in [0.1, 0.15) is 44.8 Å². The molecule has 0 saturated heterocycles. The molecule has 2 aromatic carbocycles. The van der Waals surface area contributed by atoms with Gasteiger partial charge in [0.2, 0.25) is 5.78 Å². The van der Waals surface area contributed by atoms with E-state index in [-0.39, 0.29) is 5.78 Å². The topological polar surface area (TPSA) is 56.5 Å². The van der Waals surface area contributed by atoms with Crippen molar-refractivity contribution in [2.75, 3.05) is 4.90 Å². The summed E-state index contributed by atoms with van der Waals surface area (Å²) < 4.78 is 0. The van der Waals surface area contributed by atoms with Crippen LogP contribution in [0.5, 0.6) is 0 Å². The van der Waals surface area contributed by atoms with Crippen LogP contribution in [0.4, 0.5) is 10.7 Å². The molecule has 0 spiro atoms. The zero-order chi connectivity index (χ0) is 20.7. The normalized spacial score (nSPS) is 16.5. The number of fused-ring (bicyclic) bond motifs is 2. The number of nitrogens with zero attached hydrogens (tertiary/aromatic N) is 3. The van der Waals surface area contributed by atoms with Crippen LogP contribution in [0.25, 0.3) is 0 Å². The van der Waals surface area contributed by atoms with Crippen molar-refractivity contribution in [1.29, 1.82) is 5.26 Å². The van der Waals surface area contributed by atoms with E-state index in [0.29, 0.717) is 33.5 Å². The van der Waals surface area contributed by atoms with Crippen molar-refractivity contribution in [2.45, 2.75) is 32.2 Å². The average Bonchev–Trinajstić information content (AvgIpc) is 3.25. The minimum Gasteiger partial charge on any atom is -0.318 e. The lowest BCUT2D eigenvalue weighted by atomic mass is 9.96. The molecule has 148 valence electrons. The Morgan fingerprint density at radius 1 is 1.10 bits per heavy atom. The van der Waals surface area contributed by atoms with Crippen molar-refractivity contribution >= 4 is 45.2 Å². The number of thiophene rings is 1. The Morgan fingerprint density at radius 2 is 1.87 bits per heavy atom. The number of hydrogen-bond acceptors (Lipinski definition) is 4. The molecular formula is C24H18ClN3OS. The predicted molar refractivity (Wildman–Crippen MR) is 121 cm³/mol. The van der Waals surface area contributed by atoms with Crippen molar-refractivity contribution in [3.63, 3.8) is 0 Å². The van der Waals surface area contributed by atoms with Gasteiger partial charge in [0.05, 0.1) is 17.8 Å². The summed E-state index contributed by atoms with van der Waals surface area (Å²) in [5.74, 6) is 0.235. The molecule has 0 saturated carbocycles. The Bertz CT molecular complexity index is 1240. The summed E-state index contributed by atoms with van der Waals surface area (Å²) in [7, 11) is 0. The highest BCUT2D eigenvalue weighted by atomic mass is 35.5. The number of ketones is 1. The zero-order valence-electron chi connectivity index (χ0n) is 16.2. The molecule has 1 aromatic heterocycles. The standard InChI is InChI=1S/C24H18ClN3OS/c25-19-10-4-1-7-15(19)14-28-20-11-5-2-9-17(20)22(29)23(28)27-24-18(13-26)16-8-3-6-12-21(16)30-24/h1-2,4-5,7,9-11H,3,6,8,12,14H2/b27-23+. The minimum atomic E-state index is -0.118. The fourth-order valence-corrected chi connectivity index (χ4v) is 5.57. The van der Waals surface area contributed by atoms with Crippen molar-refractivity contribution in [1.82, 2.24) is 0 Å². The third kappa shape index (κ3) is 3.13. The highest BCUT2D eigenvalue weighted by Gasteiger charge is 2.34. The van der Waals surface area contributed by atoms with E-state index in [1.165, 1.54) is 4.88 Å². The second kappa shape index (κ2) is 7.71. The lowest BCUT2D eigenvalue weighted by Crippen LogP contribution is -2.29. The van der Waals surface area contributed by atoms with Crippen LogP contribution >= 0.6 is 22.9 Å². The maximum Gasteiger partial charge on any atom is 0.230 e. The van der Waals surface area contributed by atoms with Crippen molar-refractivity contribution in [2.24, 2.45) is 4.99 Å². The van der Waals surface area contributed by atoms with Gasteiger partial charge in [-0.15, -0.1) is 11.3 Å². The molecule has 2 aliphatic rings. The number of benzene rings is 2. The van der Waals surface area contributed by atoms with Gasteiger partial charge in [0, 0.05) is 15.5 Å². The molecule has 0 bridgehead atoms. The number of aryl methyl sites for hydroxylation is 1. The summed E-state index contributed by atoms with van der Waals surface area (Å²) >= 11 is 7.95. The van der Waals surface area contributed by atoms with Gasteiger partial charge in [-0.3, -0.25) is 4.79 Å². The first-order chi connectivity index (χ1) is 14.7. The smallest absolute Gasteiger partial charge is 0.230 e. The van der Waals surface area contributed by atoms with Crippen LogP contribution in [0, 0.1) is 11.3 Å². The Balaban J connectivity index is 1.63. The third-order valence-electron chi connectivity index (χ3n) is 5.66. The van der Waals surface area contributed by atoms with E-state index in [1.54, 1.807) is 11.3 Å². The fourth-order valence-electron chi connectivity index (χ4n) is 4.17. The van der Waals surface area contributed by atoms with E-state index in [0.717, 1.165) is 42.5 Å². The number of rotatable bonds is 3. The van der Waals surface area contributed by atoms with Gasteiger partial charge in [-0.25, -0.2) is 4.99 Å². The molecule has 4 nitrogen and oxygen atoms in total. The summed E-state index contributed by atoms with van der Waals surface area (Å²) in [5.41, 5.74) is 4.11. The Labute approximate surface area is 184 Å². The number of anilines is 1. The molecule has 0 unspecified atom stereocenters. The number of nitriles is 1. The van der Waals surface area contributed by atoms with Crippen LogP contribution in [-0.2, 0) is 19.4 Å². The van der Waals surface area contributed by atoms with E-state index < -0.39 is 0 Å². The second-order valence-electron chi connectivity index (χ2n) is 7.46. The summed E-state index contributed by atoms with van der Waals surface area (Å²) in [6.45, 7) is 0.439. The quantitative estimate of drug-likeness (QED) is 0.504. The summed E-state index contributed by atoms with van der Waals surface area (Å²) in [5, 5.41) is 11.1. The summed E-state index contributed by atoms with van der Waals surface area (Å²) in [6, 6.07) is 17.5. The first-order valence-corrected chi connectivity index (χ1v) is 11.1. The summed E-state index contributed by atoms with van der Waals surface area (Å²) in [6.07, 6.45) is 4.13. The van der Waals surface area contributed by atoms with Gasteiger partial charge >= 0.3 is 0 Å². The molecule has 0 amide bonds. The van der Waals surface area contributed by atoms with Crippen LogP contribution in [0.15, 0.2) is 53.5 Å². The van der Waals surface area contributed by atoms with Crippen molar-refractivity contribution < 1.29 is 4.79 Å². The van der Waals surface area contributed by atoms with Gasteiger partial charge in [-0.05, 0) is 55.0 Å². The van der Waals surface area contributed by atoms with E-state index >= 15 is 0 Å². The molecule has 0 fully saturated rings. The first-order valence-electron chi connectivity index (χ1n) is 9.95. The van der Waals surface area contributed by atoms with Gasteiger partial charge in [-0.2, -0.15) is 5.26 Å². The third-order valence-corrected chi connectivity index (χ3v) is 7.21. The Kier molecular flexibility index (Phi) is 4.90. The predicted octanol–water partition coefficient (Wildman–Crippen LogP) is 6.09. The molecule has 3 aromatic rings. The van der Waals surface area contributed by atoms with E-state index in [4.69, 9.17) is 16.6 Å². The number of para-hydroxylation sites is 1. The van der Waals surface area contributed by atoms with Crippen LogP contribution < -0.4 is 4.90 Å². The van der Waals surface area contributed by atoms with Crippen LogP contribution in [-0.4, -0.2) is 11.6 Å². The molecule has 0 atom stereocenters. The number of carbonyl (C=O) groups is 1. The number of Topliss-reactive ketones (excluding diaryl/α,β-unsaturated/α-hetero) is 1. The molecule has 5 rings (SSSR count). The van der Waals surface area contributed by atoms with Crippen LogP contribution in [0.2, 0.25) is 5.02 Å². The van der Waals surface area contributed by atoms with Crippen molar-refractivity contribution in [3.05, 3.63) is 80.7 Å². The second-order valence-corrected chi connectivity index (χ2v) is 8.95. The monoisotopic (exact) mass is 431 g/mol. The van der Waals surface area contributed by atoms with E-state index in [1.807, 2.05) is 53.4 Å². The highest BCUT2D eigenvalue weighted by Crippen LogP contribution is 2.41. The largest absolute Gasteiger partial charge is 0.318 e. The molecule has 6 heteroatoms. The SMILES string of the molecule is N#Cc1c(/N=C2\C(=O)c3ccccc3N2Cc2ccccc2Cl)sc2c1CCCC2. The maximum absolute atomic E-state index is 13.2. The molecule has 0 radical (unpaired) electrons. The maximum atomic E-state index is 13.2. The Hall–Kier alpha value is -2.94. The minimum absolute atomic E-state index is 0.118. The molecule has 0 N–H and O–H groups in total. The van der Waals surface area contributed by atoms with Gasteiger partial charge in [-0.1, -0.05) is 41.9 Å². The Morgan fingerprint density at radius 3 is 2.70 bits per heavy atom. The van der Waals surface area contributed by atoms with Gasteiger partial charge in [0.1, 0.15) is 11.1 Å². The van der Waals surface area contributed by atoms with Gasteiger partial charge in [0.25, 0.3) is 0 Å². The number of carbonyl (C=O) groups excluding carboxylic acids is 1. The molecule has 2 heterocycles. The number of halogens is 1. The number of aliphatic imine (C=N–C) groups is 1. The van der Waals surface area contributed by atoms with Gasteiger partial charge < -0.3 is 4.90 Å². The zero-order valence-corrected chi connectivity index (χ0v) is 17.8. The first kappa shape index (κ1) is 19.0. The summed E-state index contributed by atoms with van der Waals surface area (Å²) in [4.78, 5) is 21.2. The average molecular weight is 432 g/mol. The molecule has 1 aliphatic heterocycles. The fraction of sp³-hybridized carbons (Fsp3) is 0.208. The molecule has 1 aliphatic carbocycles. The highest BCUT2D eigenvalue weighted by molar-refractivity contribution is 7.16. The van der Waals surface area contributed by atoms with Crippen LogP contribution in [0.3, 0.4) is 0 Å². The molecule has 30 heavy (non-hydrogen) atoms. The lowest BCUT2D eigenvalue weighted by molar-refractivity contribution is 0.106. The van der Waals surface area contributed by atoms with E-state index in [9.17, 15) is 10.1 Å². The lowest BCUT2D eigenvalue weighted by Gasteiger charge is -2.20. The molecular weight excluding hydrogens is 414 g/mol. The number of hydrogen-bond donors (Lipinski definition) is 0. The van der Waals surface area contributed by atoms with Crippen molar-refractivity contribution in [3.8, 4) is 6.07 Å². The van der Waals surface area contributed by atoms with Gasteiger partial charge in [0.15, 0.2) is 5.84 Å². The van der Waals surface area contributed by atoms with E-state index in [2.05, 4.69) is 6.07 Å².